The van der Waals surface area contributed by atoms with E-state index in [0.29, 0.717) is 6.42 Å². The van der Waals surface area contributed by atoms with Crippen molar-refractivity contribution in [3.8, 4) is 0 Å². The molecule has 0 aromatic heterocycles. The molecule has 0 bridgehead atoms. The summed E-state index contributed by atoms with van der Waals surface area (Å²) in [6, 6.07) is 0. The van der Waals surface area contributed by atoms with Gasteiger partial charge in [0.05, 0.1) is 0 Å². The van der Waals surface area contributed by atoms with Crippen LogP contribution in [0.1, 0.15) is 13.3 Å². The Morgan fingerprint density at radius 3 is 2.60 bits per heavy atom. The van der Waals surface area contributed by atoms with E-state index in [4.69, 9.17) is 5.11 Å². The summed E-state index contributed by atoms with van der Waals surface area (Å²) in [6.07, 6.45) is 0.433. The van der Waals surface area contributed by atoms with Crippen molar-refractivity contribution in [2.24, 2.45) is 10.2 Å². The molecule has 0 aromatic carbocycles. The lowest BCUT2D eigenvalue weighted by molar-refractivity contribution is -0.136. The van der Waals surface area contributed by atoms with Crippen molar-refractivity contribution >= 4 is 21.9 Å². The van der Waals surface area contributed by atoms with Crippen LogP contribution in [0.25, 0.3) is 0 Å². The maximum absolute atomic E-state index is 10.3. The summed E-state index contributed by atoms with van der Waals surface area (Å²) in [6.45, 7) is 1.80. The molecule has 5 heteroatoms. The zero-order valence-corrected chi connectivity index (χ0v) is 7.00. The van der Waals surface area contributed by atoms with E-state index in [-0.39, 0.29) is 0 Å². The van der Waals surface area contributed by atoms with Gasteiger partial charge < -0.3 is 5.11 Å². The molecule has 1 heterocycles. The highest BCUT2D eigenvalue weighted by Gasteiger charge is 2.37. The van der Waals surface area contributed by atoms with Gasteiger partial charge in [-0.2, -0.15) is 10.2 Å². The molecule has 0 aromatic rings. The average Bonchev–Trinajstić information content (AvgIpc) is 2.47. The molecule has 1 aliphatic rings. The Labute approximate surface area is 66.5 Å². The lowest BCUT2D eigenvalue weighted by atomic mass is 10.1. The van der Waals surface area contributed by atoms with Gasteiger partial charge in [-0.1, -0.05) is 15.9 Å². The van der Waals surface area contributed by atoms with Crippen molar-refractivity contribution in [2.75, 3.05) is 0 Å². The van der Waals surface area contributed by atoms with Crippen molar-refractivity contribution in [3.05, 3.63) is 0 Å². The van der Waals surface area contributed by atoms with E-state index in [1.54, 1.807) is 6.92 Å². The summed E-state index contributed by atoms with van der Waals surface area (Å²) in [7, 11) is 0. The second-order valence-electron chi connectivity index (χ2n) is 2.43. The molecule has 1 unspecified atom stereocenters. The fourth-order valence-corrected chi connectivity index (χ4v) is 1.21. The Kier molecular flexibility index (Phi) is 1.76. The first kappa shape index (κ1) is 7.65. The zero-order valence-electron chi connectivity index (χ0n) is 5.41. The molecular formula is C5H7BrN2O2. The molecule has 1 N–H and O–H groups in total. The largest absolute Gasteiger partial charge is 0.480 e. The topological polar surface area (TPSA) is 62.0 Å². The van der Waals surface area contributed by atoms with Gasteiger partial charge in [0.15, 0.2) is 5.66 Å². The van der Waals surface area contributed by atoms with Crippen LogP contribution in [-0.4, -0.2) is 21.6 Å². The molecule has 1 atom stereocenters. The second-order valence-corrected chi connectivity index (χ2v) is 3.53. The SMILES string of the molecule is CC1(CC(Br)C(=O)O)N=N1. The zero-order chi connectivity index (χ0) is 7.78. The maximum atomic E-state index is 10.3. The Balaban J connectivity index is 2.32. The smallest absolute Gasteiger partial charge is 0.317 e. The number of nitrogens with zero attached hydrogens (tertiary/aromatic N) is 2. The first-order valence-electron chi connectivity index (χ1n) is 2.84. The van der Waals surface area contributed by atoms with E-state index >= 15 is 0 Å². The number of aliphatic carboxylic acids is 1. The van der Waals surface area contributed by atoms with Gasteiger partial charge in [0.2, 0.25) is 0 Å². The van der Waals surface area contributed by atoms with Crippen LogP contribution in [-0.2, 0) is 4.79 Å². The standard InChI is InChI=1S/C5H7BrN2O2/c1-5(7-8-5)2-3(6)4(9)10/h3H,2H2,1H3,(H,9,10). The van der Waals surface area contributed by atoms with Gasteiger partial charge in [-0.05, 0) is 6.92 Å². The quantitative estimate of drug-likeness (QED) is 0.711. The second kappa shape index (κ2) is 2.30. The third-order valence-electron chi connectivity index (χ3n) is 1.28. The van der Waals surface area contributed by atoms with Gasteiger partial charge >= 0.3 is 5.97 Å². The fraction of sp³-hybridized carbons (Fsp3) is 0.800. The first-order valence-corrected chi connectivity index (χ1v) is 3.76. The van der Waals surface area contributed by atoms with Gasteiger partial charge in [0.1, 0.15) is 4.83 Å². The van der Waals surface area contributed by atoms with E-state index < -0.39 is 16.5 Å². The van der Waals surface area contributed by atoms with Crippen LogP contribution >= 0.6 is 15.9 Å². The highest BCUT2D eigenvalue weighted by molar-refractivity contribution is 9.10. The number of alkyl halides is 1. The Morgan fingerprint density at radius 1 is 1.80 bits per heavy atom. The molecule has 0 radical (unpaired) electrons. The Bertz CT molecular complexity index is 186. The predicted octanol–water partition coefficient (Wildman–Crippen LogP) is 1.41. The number of hydrogen-bond acceptors (Lipinski definition) is 3. The number of carboxylic acid groups (broad SMARTS) is 1. The summed E-state index contributed by atoms with van der Waals surface area (Å²) in [5.74, 6) is -0.862. The number of carbonyl (C=O) groups is 1. The molecule has 0 spiro atoms. The average molecular weight is 207 g/mol. The number of rotatable bonds is 3. The van der Waals surface area contributed by atoms with Crippen LogP contribution < -0.4 is 0 Å². The van der Waals surface area contributed by atoms with Gasteiger partial charge in [0, 0.05) is 6.42 Å². The summed E-state index contributed by atoms with van der Waals surface area (Å²) in [5, 5.41) is 15.8. The minimum atomic E-state index is -0.862. The van der Waals surface area contributed by atoms with Crippen molar-refractivity contribution in [1.82, 2.24) is 0 Å². The van der Waals surface area contributed by atoms with Crippen LogP contribution in [0.4, 0.5) is 0 Å². The van der Waals surface area contributed by atoms with Crippen LogP contribution in [0.2, 0.25) is 0 Å². The van der Waals surface area contributed by atoms with Gasteiger partial charge in [-0.15, -0.1) is 0 Å². The van der Waals surface area contributed by atoms with Crippen molar-refractivity contribution in [2.45, 2.75) is 23.8 Å². The highest BCUT2D eigenvalue weighted by Crippen LogP contribution is 2.33. The molecule has 1 aliphatic heterocycles. The summed E-state index contributed by atoms with van der Waals surface area (Å²) in [5.41, 5.74) is -0.424. The summed E-state index contributed by atoms with van der Waals surface area (Å²) >= 11 is 3.00. The maximum Gasteiger partial charge on any atom is 0.317 e. The van der Waals surface area contributed by atoms with Crippen molar-refractivity contribution < 1.29 is 9.90 Å². The third-order valence-corrected chi connectivity index (χ3v) is 1.99. The van der Waals surface area contributed by atoms with Crippen LogP contribution in [0.3, 0.4) is 0 Å². The highest BCUT2D eigenvalue weighted by atomic mass is 79.9. The number of hydrogen-bond donors (Lipinski definition) is 1. The van der Waals surface area contributed by atoms with Gasteiger partial charge in [-0.3, -0.25) is 4.79 Å². The van der Waals surface area contributed by atoms with Gasteiger partial charge in [-0.25, -0.2) is 0 Å². The predicted molar refractivity (Wildman–Crippen MR) is 38.2 cm³/mol. The molecule has 0 amide bonds. The molecule has 0 saturated heterocycles. The normalized spacial score (nSPS) is 22.2. The van der Waals surface area contributed by atoms with Crippen molar-refractivity contribution in [1.29, 1.82) is 0 Å². The van der Waals surface area contributed by atoms with E-state index in [0.717, 1.165) is 0 Å². The monoisotopic (exact) mass is 206 g/mol. The summed E-state index contributed by atoms with van der Waals surface area (Å²) in [4.78, 5) is 9.74. The van der Waals surface area contributed by atoms with Gasteiger partial charge in [0.25, 0.3) is 0 Å². The van der Waals surface area contributed by atoms with Crippen LogP contribution in [0, 0.1) is 0 Å². The van der Waals surface area contributed by atoms with E-state index in [1.165, 1.54) is 0 Å². The molecule has 4 nitrogen and oxygen atoms in total. The van der Waals surface area contributed by atoms with E-state index in [9.17, 15) is 4.79 Å². The minimum absolute atomic E-state index is 0.424. The molecule has 0 fully saturated rings. The van der Waals surface area contributed by atoms with Crippen molar-refractivity contribution in [3.63, 3.8) is 0 Å². The summed E-state index contributed by atoms with van der Waals surface area (Å²) < 4.78 is 0. The Hall–Kier alpha value is -0.450. The molecule has 1 rings (SSSR count). The molecule has 0 aliphatic carbocycles. The van der Waals surface area contributed by atoms with E-state index in [1.807, 2.05) is 0 Å². The molecule has 0 saturated carbocycles. The lowest BCUT2D eigenvalue weighted by Crippen LogP contribution is -2.20. The fourth-order valence-electron chi connectivity index (χ4n) is 0.594. The van der Waals surface area contributed by atoms with Crippen LogP contribution in [0.5, 0.6) is 0 Å². The molecule has 56 valence electrons. The lowest BCUT2D eigenvalue weighted by Gasteiger charge is -2.05. The number of carboxylic acids is 1. The van der Waals surface area contributed by atoms with Crippen LogP contribution in [0.15, 0.2) is 10.2 Å². The minimum Gasteiger partial charge on any atom is -0.480 e. The number of halogens is 1. The molecule has 10 heavy (non-hydrogen) atoms. The third kappa shape index (κ3) is 1.76. The van der Waals surface area contributed by atoms with E-state index in [2.05, 4.69) is 26.2 Å². The molecular weight excluding hydrogens is 200 g/mol. The Morgan fingerprint density at radius 2 is 2.30 bits per heavy atom. The first-order chi connectivity index (χ1) is 4.53.